The van der Waals surface area contributed by atoms with Crippen LogP contribution in [0.25, 0.3) is 0 Å². The summed E-state index contributed by atoms with van der Waals surface area (Å²) in [5, 5.41) is 6.60. The Labute approximate surface area is 139 Å². The molecular weight excluding hydrogens is 316 g/mol. The lowest BCUT2D eigenvalue weighted by Crippen LogP contribution is -2.49. The van der Waals surface area contributed by atoms with Gasteiger partial charge in [0.05, 0.1) is 5.88 Å². The number of amides is 2. The summed E-state index contributed by atoms with van der Waals surface area (Å²) in [6.45, 7) is 2.20. The molecule has 1 aromatic heterocycles. The van der Waals surface area contributed by atoms with Crippen LogP contribution >= 0.6 is 11.8 Å². The standard InChI is InChI=1S/C15H22N4O3S/c1-10-17-13(22-18-10)6-7-16-14(20)12-8-23-9-19(12)15(21)11-4-2-3-5-11/h11-12H,2-9H2,1H3,(H,16,20). The number of aromatic nitrogens is 2. The van der Waals surface area contributed by atoms with Gasteiger partial charge in [0, 0.05) is 24.6 Å². The molecule has 1 N–H and O–H groups in total. The Kier molecular flexibility index (Phi) is 5.20. The van der Waals surface area contributed by atoms with Crippen LogP contribution in [-0.4, -0.2) is 51.1 Å². The van der Waals surface area contributed by atoms with Crippen LogP contribution in [0.1, 0.15) is 37.4 Å². The van der Waals surface area contributed by atoms with E-state index >= 15 is 0 Å². The van der Waals surface area contributed by atoms with Gasteiger partial charge < -0.3 is 14.7 Å². The molecule has 8 heteroatoms. The van der Waals surface area contributed by atoms with Crippen molar-refractivity contribution in [2.45, 2.75) is 45.1 Å². The second kappa shape index (κ2) is 7.33. The van der Waals surface area contributed by atoms with Crippen molar-refractivity contribution in [2.24, 2.45) is 5.92 Å². The summed E-state index contributed by atoms with van der Waals surface area (Å²) >= 11 is 1.64. The minimum absolute atomic E-state index is 0.0856. The normalized spacial score (nSPS) is 21.8. The number of rotatable bonds is 5. The molecule has 1 aliphatic heterocycles. The SMILES string of the molecule is Cc1noc(CCNC(=O)C2CSCN2C(=O)C2CCCC2)n1. The van der Waals surface area contributed by atoms with E-state index in [1.54, 1.807) is 23.6 Å². The third-order valence-corrected chi connectivity index (χ3v) is 5.39. The Hall–Kier alpha value is -1.57. The molecule has 0 aromatic carbocycles. The predicted molar refractivity (Wildman–Crippen MR) is 85.7 cm³/mol. The highest BCUT2D eigenvalue weighted by molar-refractivity contribution is 7.99. The summed E-state index contributed by atoms with van der Waals surface area (Å²) in [5.74, 6) is 2.58. The molecule has 0 spiro atoms. The average Bonchev–Trinajstić information content (AvgIpc) is 3.28. The third-order valence-electron chi connectivity index (χ3n) is 4.38. The van der Waals surface area contributed by atoms with E-state index in [1.165, 1.54) is 0 Å². The van der Waals surface area contributed by atoms with Gasteiger partial charge in [0.25, 0.3) is 0 Å². The van der Waals surface area contributed by atoms with E-state index in [4.69, 9.17) is 4.52 Å². The highest BCUT2D eigenvalue weighted by Gasteiger charge is 2.38. The number of carbonyl (C=O) groups excluding carboxylic acids is 2. The number of aryl methyl sites for hydroxylation is 1. The van der Waals surface area contributed by atoms with Crippen molar-refractivity contribution in [2.75, 3.05) is 18.2 Å². The molecule has 1 unspecified atom stereocenters. The van der Waals surface area contributed by atoms with Gasteiger partial charge in [0.1, 0.15) is 6.04 Å². The van der Waals surface area contributed by atoms with E-state index in [2.05, 4.69) is 15.5 Å². The van der Waals surface area contributed by atoms with Crippen molar-refractivity contribution in [3.8, 4) is 0 Å². The van der Waals surface area contributed by atoms with Gasteiger partial charge in [-0.15, -0.1) is 11.8 Å². The monoisotopic (exact) mass is 338 g/mol. The van der Waals surface area contributed by atoms with Crippen LogP contribution in [0.2, 0.25) is 0 Å². The molecule has 7 nitrogen and oxygen atoms in total. The van der Waals surface area contributed by atoms with Crippen LogP contribution in [0.4, 0.5) is 0 Å². The fourth-order valence-electron chi connectivity index (χ4n) is 3.14. The lowest BCUT2D eigenvalue weighted by molar-refractivity contribution is -0.141. The summed E-state index contributed by atoms with van der Waals surface area (Å²) in [6.07, 6.45) is 4.68. The largest absolute Gasteiger partial charge is 0.354 e. The van der Waals surface area contributed by atoms with Crippen LogP contribution in [0.5, 0.6) is 0 Å². The Morgan fingerprint density at radius 1 is 1.39 bits per heavy atom. The highest BCUT2D eigenvalue weighted by atomic mass is 32.2. The van der Waals surface area contributed by atoms with Crippen molar-refractivity contribution >= 4 is 23.6 Å². The Balaban J connectivity index is 1.50. The van der Waals surface area contributed by atoms with E-state index in [9.17, 15) is 9.59 Å². The lowest BCUT2D eigenvalue weighted by Gasteiger charge is -2.25. The third kappa shape index (κ3) is 3.85. The van der Waals surface area contributed by atoms with Gasteiger partial charge in [-0.05, 0) is 19.8 Å². The van der Waals surface area contributed by atoms with Crippen molar-refractivity contribution in [3.63, 3.8) is 0 Å². The predicted octanol–water partition coefficient (Wildman–Crippen LogP) is 1.13. The quantitative estimate of drug-likeness (QED) is 0.866. The van der Waals surface area contributed by atoms with Crippen LogP contribution in [0.15, 0.2) is 4.52 Å². The average molecular weight is 338 g/mol. The minimum atomic E-state index is -0.350. The zero-order valence-electron chi connectivity index (χ0n) is 13.3. The fourth-order valence-corrected chi connectivity index (χ4v) is 4.30. The molecule has 0 bridgehead atoms. The van der Waals surface area contributed by atoms with Gasteiger partial charge in [-0.25, -0.2) is 0 Å². The summed E-state index contributed by atoms with van der Waals surface area (Å²) in [6, 6.07) is -0.350. The number of hydrogen-bond donors (Lipinski definition) is 1. The lowest BCUT2D eigenvalue weighted by atomic mass is 10.1. The maximum atomic E-state index is 12.6. The molecule has 1 aromatic rings. The molecule has 1 saturated heterocycles. The highest BCUT2D eigenvalue weighted by Crippen LogP contribution is 2.30. The first-order chi connectivity index (χ1) is 11.1. The Morgan fingerprint density at radius 3 is 2.87 bits per heavy atom. The van der Waals surface area contributed by atoms with E-state index in [0.717, 1.165) is 25.7 Å². The maximum Gasteiger partial charge on any atom is 0.243 e. The maximum absolute atomic E-state index is 12.6. The van der Waals surface area contributed by atoms with Crippen LogP contribution in [-0.2, 0) is 16.0 Å². The molecule has 2 heterocycles. The van der Waals surface area contributed by atoms with Crippen molar-refractivity contribution in [1.29, 1.82) is 0 Å². The first-order valence-electron chi connectivity index (χ1n) is 8.10. The van der Waals surface area contributed by atoms with Crippen LogP contribution in [0, 0.1) is 12.8 Å². The summed E-state index contributed by atoms with van der Waals surface area (Å²) < 4.78 is 5.02. The van der Waals surface area contributed by atoms with E-state index in [1.807, 2.05) is 0 Å². The molecule has 0 radical (unpaired) electrons. The first kappa shape index (κ1) is 16.3. The summed E-state index contributed by atoms with van der Waals surface area (Å²) in [5.41, 5.74) is 0. The van der Waals surface area contributed by atoms with E-state index < -0.39 is 0 Å². The second-order valence-electron chi connectivity index (χ2n) is 6.08. The van der Waals surface area contributed by atoms with E-state index in [-0.39, 0.29) is 23.8 Å². The number of nitrogens with one attached hydrogen (secondary N) is 1. The molecule has 126 valence electrons. The number of carbonyl (C=O) groups is 2. The van der Waals surface area contributed by atoms with Gasteiger partial charge in [0.2, 0.25) is 17.7 Å². The van der Waals surface area contributed by atoms with Crippen molar-refractivity contribution < 1.29 is 14.1 Å². The second-order valence-corrected chi connectivity index (χ2v) is 7.08. The van der Waals surface area contributed by atoms with Gasteiger partial charge in [-0.3, -0.25) is 9.59 Å². The molecule has 3 rings (SSSR count). The molecule has 1 saturated carbocycles. The van der Waals surface area contributed by atoms with Crippen LogP contribution in [0.3, 0.4) is 0 Å². The molecule has 1 aliphatic carbocycles. The van der Waals surface area contributed by atoms with Crippen molar-refractivity contribution in [3.05, 3.63) is 11.7 Å². The molecule has 2 aliphatic rings. The van der Waals surface area contributed by atoms with Gasteiger partial charge in [0.15, 0.2) is 5.82 Å². The Bertz CT molecular complexity index is 571. The molecule has 2 amide bonds. The zero-order valence-corrected chi connectivity index (χ0v) is 14.1. The number of nitrogens with zero attached hydrogens (tertiary/aromatic N) is 3. The smallest absolute Gasteiger partial charge is 0.243 e. The molecule has 2 fully saturated rings. The zero-order chi connectivity index (χ0) is 16.2. The van der Waals surface area contributed by atoms with Gasteiger partial charge >= 0.3 is 0 Å². The first-order valence-corrected chi connectivity index (χ1v) is 9.26. The summed E-state index contributed by atoms with van der Waals surface area (Å²) in [4.78, 5) is 30.8. The Morgan fingerprint density at radius 2 is 2.17 bits per heavy atom. The summed E-state index contributed by atoms with van der Waals surface area (Å²) in [7, 11) is 0. The van der Waals surface area contributed by atoms with E-state index in [0.29, 0.717) is 36.3 Å². The fraction of sp³-hybridized carbons (Fsp3) is 0.733. The molecule has 1 atom stereocenters. The number of thioether (sulfide) groups is 1. The minimum Gasteiger partial charge on any atom is -0.354 e. The molecular formula is C15H22N4O3S. The molecule has 23 heavy (non-hydrogen) atoms. The van der Waals surface area contributed by atoms with Crippen molar-refractivity contribution in [1.82, 2.24) is 20.4 Å². The topological polar surface area (TPSA) is 88.3 Å². The van der Waals surface area contributed by atoms with Gasteiger partial charge in [-0.2, -0.15) is 4.98 Å². The number of hydrogen-bond acceptors (Lipinski definition) is 6. The van der Waals surface area contributed by atoms with Gasteiger partial charge in [-0.1, -0.05) is 18.0 Å². The van der Waals surface area contributed by atoms with Crippen LogP contribution < -0.4 is 5.32 Å².